The van der Waals surface area contributed by atoms with Crippen LogP contribution in [0.4, 0.5) is 14.4 Å². The van der Waals surface area contributed by atoms with Crippen molar-refractivity contribution in [2.24, 2.45) is 0 Å². The number of benzene rings is 1. The molecule has 1 aromatic heterocycles. The molecular weight excluding hydrogens is 357 g/mol. The van der Waals surface area contributed by atoms with Gasteiger partial charge in [0.25, 0.3) is 0 Å². The quantitative estimate of drug-likeness (QED) is 0.780. The predicted octanol–water partition coefficient (Wildman–Crippen LogP) is 5.13. The molecule has 1 saturated carbocycles. The molecule has 1 aliphatic carbocycles. The first-order valence-corrected chi connectivity index (χ1v) is 9.09. The van der Waals surface area contributed by atoms with Crippen molar-refractivity contribution < 1.29 is 18.2 Å². The lowest BCUT2D eigenvalue weighted by molar-refractivity contribution is 0.0636. The van der Waals surface area contributed by atoms with Gasteiger partial charge in [0, 0.05) is 5.56 Å². The minimum absolute atomic E-state index is 0.0524. The molecule has 0 spiro atoms. The third-order valence-electron chi connectivity index (χ3n) is 3.61. The monoisotopic (exact) mass is 379 g/mol. The van der Waals surface area contributed by atoms with Crippen LogP contribution in [-0.4, -0.2) is 27.0 Å². The molecule has 1 heterocycles. The highest BCUT2D eigenvalue weighted by atomic mass is 32.2. The number of carbonyl (C=O) groups is 1. The van der Waals surface area contributed by atoms with Gasteiger partial charge in [0.2, 0.25) is 0 Å². The number of aromatic nitrogens is 2. The summed E-state index contributed by atoms with van der Waals surface area (Å²) < 4.78 is 25.4. The van der Waals surface area contributed by atoms with Crippen LogP contribution in [0, 0.1) is 6.92 Å². The lowest BCUT2D eigenvalue weighted by atomic mass is 10.1. The lowest BCUT2D eigenvalue weighted by Crippen LogP contribution is -2.27. The van der Waals surface area contributed by atoms with E-state index in [1.807, 2.05) is 25.1 Å². The molecule has 0 radical (unpaired) electrons. The van der Waals surface area contributed by atoms with E-state index in [9.17, 15) is 8.68 Å². The van der Waals surface area contributed by atoms with Gasteiger partial charge in [0.15, 0.2) is 12.3 Å². The van der Waals surface area contributed by atoms with Crippen molar-refractivity contribution in [2.75, 3.05) is 5.32 Å². The fourth-order valence-corrected chi connectivity index (χ4v) is 2.65. The second kappa shape index (κ2) is 7.19. The van der Waals surface area contributed by atoms with Gasteiger partial charge in [-0.3, -0.25) is 5.32 Å². The summed E-state index contributed by atoms with van der Waals surface area (Å²) in [6, 6.07) is 5.73. The summed E-state index contributed by atoms with van der Waals surface area (Å²) >= 11 is -0.0524. The van der Waals surface area contributed by atoms with Crippen molar-refractivity contribution in [3.8, 4) is 17.0 Å². The number of hydrogen-bond acceptors (Lipinski definition) is 5. The second-order valence-corrected chi connectivity index (χ2v) is 7.82. The highest BCUT2D eigenvalue weighted by Crippen LogP contribution is 2.38. The fourth-order valence-electron chi connectivity index (χ4n) is 2.39. The molecule has 0 bridgehead atoms. The zero-order valence-electron chi connectivity index (χ0n) is 15.2. The average Bonchev–Trinajstić information content (AvgIpc) is 3.26. The van der Waals surface area contributed by atoms with Gasteiger partial charge in [-0.15, -0.1) is 3.89 Å². The highest BCUT2D eigenvalue weighted by molar-refractivity contribution is 7.92. The Morgan fingerprint density at radius 3 is 2.73 bits per heavy atom. The number of halogens is 1. The Kier molecular flexibility index (Phi) is 5.13. The van der Waals surface area contributed by atoms with E-state index >= 15 is 0 Å². The SMILES string of the molecule is Cc1ccc(OC2CC2)c(-c2nn(SF)cc2NC(=O)OC(C)(C)C)c1. The molecule has 1 fully saturated rings. The van der Waals surface area contributed by atoms with Crippen LogP contribution in [0.15, 0.2) is 24.4 Å². The number of nitrogens with zero attached hydrogens (tertiary/aromatic N) is 2. The molecule has 140 valence electrons. The first-order valence-electron chi connectivity index (χ1n) is 8.41. The van der Waals surface area contributed by atoms with Gasteiger partial charge in [0.1, 0.15) is 17.0 Å². The second-order valence-electron chi connectivity index (χ2n) is 7.31. The van der Waals surface area contributed by atoms with Gasteiger partial charge >= 0.3 is 6.09 Å². The smallest absolute Gasteiger partial charge is 0.412 e. The average molecular weight is 379 g/mol. The van der Waals surface area contributed by atoms with E-state index in [4.69, 9.17) is 9.47 Å². The summed E-state index contributed by atoms with van der Waals surface area (Å²) in [5, 5.41) is 6.89. The molecule has 8 heteroatoms. The van der Waals surface area contributed by atoms with E-state index in [1.54, 1.807) is 20.8 Å². The number of hydrogen-bond donors (Lipinski definition) is 1. The molecule has 0 saturated heterocycles. The third kappa shape index (κ3) is 4.69. The number of aryl methyl sites for hydroxylation is 1. The highest BCUT2D eigenvalue weighted by Gasteiger charge is 2.27. The molecule has 1 amide bonds. The minimum Gasteiger partial charge on any atom is -0.490 e. The molecule has 2 aromatic rings. The van der Waals surface area contributed by atoms with E-state index in [1.165, 1.54) is 6.20 Å². The number of anilines is 1. The topological polar surface area (TPSA) is 65.4 Å². The summed E-state index contributed by atoms with van der Waals surface area (Å²) in [5.41, 5.74) is 1.86. The predicted molar refractivity (Wildman–Crippen MR) is 100 cm³/mol. The molecule has 1 N–H and O–H groups in total. The lowest BCUT2D eigenvalue weighted by Gasteiger charge is -2.19. The molecule has 0 aliphatic heterocycles. The molecule has 6 nitrogen and oxygen atoms in total. The Bertz CT molecular complexity index is 812. The zero-order chi connectivity index (χ0) is 18.9. The number of carbonyl (C=O) groups excluding carboxylic acids is 1. The Labute approximate surface area is 156 Å². The van der Waals surface area contributed by atoms with E-state index in [0.29, 0.717) is 22.7 Å². The van der Waals surface area contributed by atoms with Gasteiger partial charge in [-0.25, -0.2) is 4.79 Å². The first kappa shape index (κ1) is 18.6. The van der Waals surface area contributed by atoms with E-state index < -0.39 is 11.7 Å². The van der Waals surface area contributed by atoms with Gasteiger partial charge in [-0.1, -0.05) is 11.6 Å². The molecule has 1 aromatic carbocycles. The molecular formula is C18H22FN3O3S. The van der Waals surface area contributed by atoms with Crippen molar-refractivity contribution in [3.05, 3.63) is 30.0 Å². The van der Waals surface area contributed by atoms with Crippen LogP contribution in [0.5, 0.6) is 5.75 Å². The largest absolute Gasteiger partial charge is 0.490 e. The van der Waals surface area contributed by atoms with Crippen LogP contribution in [0.3, 0.4) is 0 Å². The number of amides is 1. The van der Waals surface area contributed by atoms with Crippen molar-refractivity contribution in [2.45, 2.75) is 52.2 Å². The standard InChI is InChI=1S/C18H22FN3O3S/c1-11-5-8-15(24-12-6-7-12)13(9-11)16-14(10-22(21-16)26-19)20-17(23)25-18(2,3)4/h5,8-10,12H,6-7H2,1-4H3,(H,20,23). The summed E-state index contributed by atoms with van der Waals surface area (Å²) in [6.45, 7) is 7.27. The summed E-state index contributed by atoms with van der Waals surface area (Å²) in [4.78, 5) is 12.1. The minimum atomic E-state index is -0.640. The Hall–Kier alpha value is -2.22. The van der Waals surface area contributed by atoms with Gasteiger partial charge in [0.05, 0.1) is 18.0 Å². The van der Waals surface area contributed by atoms with Crippen LogP contribution in [0.1, 0.15) is 39.2 Å². The van der Waals surface area contributed by atoms with Crippen LogP contribution in [-0.2, 0) is 4.74 Å². The van der Waals surface area contributed by atoms with Crippen LogP contribution in [0.2, 0.25) is 0 Å². The van der Waals surface area contributed by atoms with Crippen LogP contribution in [0.25, 0.3) is 11.3 Å². The molecule has 26 heavy (non-hydrogen) atoms. The molecule has 3 rings (SSSR count). The van der Waals surface area contributed by atoms with Gasteiger partial charge in [-0.2, -0.15) is 9.19 Å². The summed E-state index contributed by atoms with van der Waals surface area (Å²) in [7, 11) is 0. The number of nitrogens with one attached hydrogen (secondary N) is 1. The van der Waals surface area contributed by atoms with Gasteiger partial charge < -0.3 is 9.47 Å². The molecule has 0 unspecified atom stereocenters. The van der Waals surface area contributed by atoms with E-state index in [0.717, 1.165) is 22.5 Å². The Morgan fingerprint density at radius 2 is 2.12 bits per heavy atom. The fraction of sp³-hybridized carbons (Fsp3) is 0.444. The van der Waals surface area contributed by atoms with Gasteiger partial charge in [-0.05, 0) is 52.7 Å². The summed E-state index contributed by atoms with van der Waals surface area (Å²) in [5.74, 6) is 0.666. The normalized spacial score (nSPS) is 14.2. The van der Waals surface area contributed by atoms with Crippen molar-refractivity contribution in [1.29, 1.82) is 0 Å². The zero-order valence-corrected chi connectivity index (χ0v) is 16.0. The van der Waals surface area contributed by atoms with E-state index in [-0.39, 0.29) is 18.4 Å². The van der Waals surface area contributed by atoms with Crippen LogP contribution < -0.4 is 10.1 Å². The Morgan fingerprint density at radius 1 is 1.38 bits per heavy atom. The van der Waals surface area contributed by atoms with Crippen molar-refractivity contribution in [3.63, 3.8) is 0 Å². The maximum absolute atomic E-state index is 13.1. The Balaban J connectivity index is 1.95. The number of rotatable bonds is 5. The first-order chi connectivity index (χ1) is 12.2. The third-order valence-corrected chi connectivity index (χ3v) is 3.94. The maximum Gasteiger partial charge on any atom is 0.412 e. The molecule has 1 aliphatic rings. The summed E-state index contributed by atoms with van der Waals surface area (Å²) in [6.07, 6.45) is 3.03. The van der Waals surface area contributed by atoms with Crippen LogP contribution >= 0.6 is 12.3 Å². The van der Waals surface area contributed by atoms with Crippen molar-refractivity contribution >= 4 is 24.1 Å². The van der Waals surface area contributed by atoms with E-state index in [2.05, 4.69) is 10.4 Å². The molecule has 0 atom stereocenters. The van der Waals surface area contributed by atoms with Crippen molar-refractivity contribution in [1.82, 2.24) is 9.19 Å². The number of ether oxygens (including phenoxy) is 2. The maximum atomic E-state index is 13.1.